The lowest BCUT2D eigenvalue weighted by Crippen LogP contribution is -2.04. The summed E-state index contributed by atoms with van der Waals surface area (Å²) in [5, 5.41) is 11.1. The summed E-state index contributed by atoms with van der Waals surface area (Å²) >= 11 is 0. The minimum atomic E-state index is -1.12. The first-order valence-electron chi connectivity index (χ1n) is 3.80. The first-order chi connectivity index (χ1) is 6.69. The molecule has 74 valence electrons. The van der Waals surface area contributed by atoms with Gasteiger partial charge in [-0.25, -0.2) is 4.79 Å². The Morgan fingerprint density at radius 1 is 1.57 bits per heavy atom. The van der Waals surface area contributed by atoms with Gasteiger partial charge < -0.3 is 15.2 Å². The van der Waals surface area contributed by atoms with Gasteiger partial charge in [-0.1, -0.05) is 0 Å². The van der Waals surface area contributed by atoms with Crippen LogP contribution in [0.2, 0.25) is 0 Å². The number of benzene rings is 1. The van der Waals surface area contributed by atoms with Gasteiger partial charge in [-0.15, -0.1) is 0 Å². The van der Waals surface area contributed by atoms with Crippen LogP contribution in [0.1, 0.15) is 10.4 Å². The van der Waals surface area contributed by atoms with E-state index in [9.17, 15) is 9.59 Å². The summed E-state index contributed by atoms with van der Waals surface area (Å²) in [7, 11) is 1.44. The van der Waals surface area contributed by atoms with Crippen LogP contribution in [0.5, 0.6) is 5.75 Å². The quantitative estimate of drug-likeness (QED) is 0.701. The summed E-state index contributed by atoms with van der Waals surface area (Å²) in [5.41, 5.74) is 0.241. The highest BCUT2D eigenvalue weighted by molar-refractivity contribution is 5.97. The van der Waals surface area contributed by atoms with Crippen molar-refractivity contribution in [2.45, 2.75) is 0 Å². The normalized spacial score (nSPS) is 9.21. The fourth-order valence-electron chi connectivity index (χ4n) is 1.02. The molecular weight excluding hydrogens is 186 g/mol. The molecule has 1 aromatic carbocycles. The van der Waals surface area contributed by atoms with E-state index < -0.39 is 5.97 Å². The maximum absolute atomic E-state index is 10.8. The van der Waals surface area contributed by atoms with E-state index in [0.29, 0.717) is 12.2 Å². The van der Waals surface area contributed by atoms with Crippen molar-refractivity contribution in [2.75, 3.05) is 12.4 Å². The summed E-state index contributed by atoms with van der Waals surface area (Å²) in [6, 6.07) is 4.38. The van der Waals surface area contributed by atoms with Gasteiger partial charge in [-0.05, 0) is 18.2 Å². The molecule has 2 N–H and O–H groups in total. The van der Waals surface area contributed by atoms with E-state index >= 15 is 0 Å². The molecule has 0 aliphatic heterocycles. The van der Waals surface area contributed by atoms with Gasteiger partial charge in [0.15, 0.2) is 0 Å². The summed E-state index contributed by atoms with van der Waals surface area (Å²) in [6.07, 6.45) is 0.425. The highest BCUT2D eigenvalue weighted by atomic mass is 16.5. The Bertz CT molecular complexity index is 362. The van der Waals surface area contributed by atoms with Crippen LogP contribution in [0.3, 0.4) is 0 Å². The Hall–Kier alpha value is -2.04. The number of carbonyl (C=O) groups is 2. The maximum Gasteiger partial charge on any atom is 0.337 e. The van der Waals surface area contributed by atoms with Gasteiger partial charge in [-0.2, -0.15) is 0 Å². The summed E-state index contributed by atoms with van der Waals surface area (Å²) in [4.78, 5) is 20.9. The van der Waals surface area contributed by atoms with Crippen LogP contribution in [0.25, 0.3) is 0 Å². The molecule has 5 nitrogen and oxygen atoms in total. The maximum atomic E-state index is 10.8. The minimum Gasteiger partial charge on any atom is -0.497 e. The van der Waals surface area contributed by atoms with Gasteiger partial charge >= 0.3 is 5.97 Å². The summed E-state index contributed by atoms with van der Waals surface area (Å²) in [5.74, 6) is -0.688. The SMILES string of the molecule is COc1ccc(NC=O)c(C(=O)O)c1. The van der Waals surface area contributed by atoms with Crippen molar-refractivity contribution in [3.63, 3.8) is 0 Å². The van der Waals surface area contributed by atoms with Crippen LogP contribution in [0.4, 0.5) is 5.69 Å². The number of anilines is 1. The van der Waals surface area contributed by atoms with Crippen molar-refractivity contribution in [3.8, 4) is 5.75 Å². The minimum absolute atomic E-state index is 0.00329. The number of hydrogen-bond donors (Lipinski definition) is 2. The number of amides is 1. The van der Waals surface area contributed by atoms with Gasteiger partial charge in [0.1, 0.15) is 5.75 Å². The van der Waals surface area contributed by atoms with Gasteiger partial charge in [-0.3, -0.25) is 4.79 Å². The van der Waals surface area contributed by atoms with Gasteiger partial charge in [0.25, 0.3) is 0 Å². The third-order valence-corrected chi connectivity index (χ3v) is 1.67. The number of carboxylic acids is 1. The monoisotopic (exact) mass is 195 g/mol. The second-order valence-corrected chi connectivity index (χ2v) is 2.48. The van der Waals surface area contributed by atoms with Crippen LogP contribution in [0, 0.1) is 0 Å². The first kappa shape index (κ1) is 10.0. The lowest BCUT2D eigenvalue weighted by molar-refractivity contribution is -0.105. The predicted octanol–water partition coefficient (Wildman–Crippen LogP) is 0.962. The molecule has 0 saturated heterocycles. The Labute approximate surface area is 80.3 Å². The van der Waals surface area contributed by atoms with Crippen molar-refractivity contribution < 1.29 is 19.4 Å². The smallest absolute Gasteiger partial charge is 0.337 e. The molecule has 14 heavy (non-hydrogen) atoms. The number of methoxy groups -OCH3 is 1. The van der Waals surface area contributed by atoms with Gasteiger partial charge in [0, 0.05) is 0 Å². The second kappa shape index (κ2) is 4.27. The molecule has 0 heterocycles. The van der Waals surface area contributed by atoms with E-state index in [1.807, 2.05) is 0 Å². The van der Waals surface area contributed by atoms with Crippen LogP contribution < -0.4 is 10.1 Å². The molecule has 0 spiro atoms. The van der Waals surface area contributed by atoms with E-state index in [2.05, 4.69) is 5.32 Å². The van der Waals surface area contributed by atoms with E-state index in [4.69, 9.17) is 9.84 Å². The molecule has 0 atom stereocenters. The zero-order chi connectivity index (χ0) is 10.6. The fraction of sp³-hybridized carbons (Fsp3) is 0.111. The Balaban J connectivity index is 3.16. The standard InChI is InChI=1S/C9H9NO4/c1-14-6-2-3-8(10-5-11)7(4-6)9(12)13/h2-5H,1H3,(H,10,11)(H,12,13). The zero-order valence-electron chi connectivity index (χ0n) is 7.48. The van der Waals surface area contributed by atoms with Crippen molar-refractivity contribution in [1.82, 2.24) is 0 Å². The lowest BCUT2D eigenvalue weighted by Gasteiger charge is -2.06. The summed E-state index contributed by atoms with van der Waals surface area (Å²) < 4.78 is 4.86. The third-order valence-electron chi connectivity index (χ3n) is 1.67. The molecule has 1 rings (SSSR count). The average Bonchev–Trinajstić information content (AvgIpc) is 2.18. The van der Waals surface area contributed by atoms with Gasteiger partial charge in [0.2, 0.25) is 6.41 Å². The molecule has 5 heteroatoms. The number of ether oxygens (including phenoxy) is 1. The number of aromatic carboxylic acids is 1. The van der Waals surface area contributed by atoms with E-state index in [1.165, 1.54) is 19.2 Å². The Kier molecular flexibility index (Phi) is 3.06. The summed E-state index contributed by atoms with van der Waals surface area (Å²) in [6.45, 7) is 0. The Morgan fingerprint density at radius 3 is 2.79 bits per heavy atom. The molecule has 0 radical (unpaired) electrons. The number of carbonyl (C=O) groups excluding carboxylic acids is 1. The zero-order valence-corrected chi connectivity index (χ0v) is 7.48. The van der Waals surface area contributed by atoms with Crippen LogP contribution in [-0.2, 0) is 4.79 Å². The lowest BCUT2D eigenvalue weighted by atomic mass is 10.1. The highest BCUT2D eigenvalue weighted by Gasteiger charge is 2.10. The molecule has 0 aliphatic carbocycles. The van der Waals surface area contributed by atoms with E-state index in [0.717, 1.165) is 0 Å². The molecular formula is C9H9NO4. The highest BCUT2D eigenvalue weighted by Crippen LogP contribution is 2.21. The topological polar surface area (TPSA) is 75.6 Å². The van der Waals surface area contributed by atoms with E-state index in [-0.39, 0.29) is 11.3 Å². The molecule has 0 fully saturated rings. The number of nitrogens with one attached hydrogen (secondary N) is 1. The largest absolute Gasteiger partial charge is 0.497 e. The predicted molar refractivity (Wildman–Crippen MR) is 49.6 cm³/mol. The molecule has 0 bridgehead atoms. The number of carboxylic acid groups (broad SMARTS) is 1. The third kappa shape index (κ3) is 2.01. The molecule has 1 aromatic rings. The molecule has 0 aromatic heterocycles. The average molecular weight is 195 g/mol. The van der Waals surface area contributed by atoms with Gasteiger partial charge in [0.05, 0.1) is 18.4 Å². The number of rotatable bonds is 4. The van der Waals surface area contributed by atoms with Crippen LogP contribution >= 0.6 is 0 Å². The van der Waals surface area contributed by atoms with Crippen molar-refractivity contribution in [3.05, 3.63) is 23.8 Å². The first-order valence-corrected chi connectivity index (χ1v) is 3.80. The Morgan fingerprint density at radius 2 is 2.29 bits per heavy atom. The molecule has 0 saturated carbocycles. The van der Waals surface area contributed by atoms with Crippen molar-refractivity contribution in [1.29, 1.82) is 0 Å². The molecule has 0 aliphatic rings. The van der Waals surface area contributed by atoms with Crippen molar-refractivity contribution >= 4 is 18.1 Å². The number of hydrogen-bond acceptors (Lipinski definition) is 3. The molecule has 1 amide bonds. The van der Waals surface area contributed by atoms with E-state index in [1.54, 1.807) is 6.07 Å². The van der Waals surface area contributed by atoms with Crippen molar-refractivity contribution in [2.24, 2.45) is 0 Å². The van der Waals surface area contributed by atoms with Crippen LogP contribution in [-0.4, -0.2) is 24.6 Å². The second-order valence-electron chi connectivity index (χ2n) is 2.48. The fourth-order valence-corrected chi connectivity index (χ4v) is 1.02. The van der Waals surface area contributed by atoms with Crippen LogP contribution in [0.15, 0.2) is 18.2 Å². The molecule has 0 unspecified atom stereocenters.